The fourth-order valence-corrected chi connectivity index (χ4v) is 1.51. The minimum absolute atomic E-state index is 0.0217. The Morgan fingerprint density at radius 3 is 2.70 bits per heavy atom. The molecule has 2 amide bonds. The molecule has 3 N–H and O–H groups in total. The van der Waals surface area contributed by atoms with Gasteiger partial charge in [0.15, 0.2) is 0 Å². The summed E-state index contributed by atoms with van der Waals surface area (Å²) in [6.07, 6.45) is 1.43. The van der Waals surface area contributed by atoms with Crippen molar-refractivity contribution < 1.29 is 19.4 Å². The van der Waals surface area contributed by atoms with Crippen molar-refractivity contribution in [3.05, 3.63) is 29.6 Å². The predicted molar refractivity (Wildman–Crippen MR) is 72.5 cm³/mol. The van der Waals surface area contributed by atoms with Crippen LogP contribution in [0.3, 0.4) is 0 Å². The zero-order valence-corrected chi connectivity index (χ0v) is 11.5. The first-order valence-corrected chi connectivity index (χ1v) is 6.21. The SMILES string of the molecule is COCC(C)CNC(=O)NCc1ccc(C(=O)O)nc1. The lowest BCUT2D eigenvalue weighted by Crippen LogP contribution is -2.38. The van der Waals surface area contributed by atoms with Crippen molar-refractivity contribution in [2.24, 2.45) is 5.92 Å². The number of carbonyl (C=O) groups excluding carboxylic acids is 1. The molecular weight excluding hydrogens is 262 g/mol. The monoisotopic (exact) mass is 281 g/mol. The number of nitrogens with one attached hydrogen (secondary N) is 2. The van der Waals surface area contributed by atoms with Gasteiger partial charge in [0.05, 0.1) is 6.61 Å². The summed E-state index contributed by atoms with van der Waals surface area (Å²) in [7, 11) is 1.62. The van der Waals surface area contributed by atoms with E-state index >= 15 is 0 Å². The molecule has 20 heavy (non-hydrogen) atoms. The zero-order chi connectivity index (χ0) is 15.0. The number of aromatic carboxylic acids is 1. The minimum atomic E-state index is -1.07. The second-order valence-electron chi connectivity index (χ2n) is 4.48. The van der Waals surface area contributed by atoms with Crippen LogP contribution in [0.25, 0.3) is 0 Å². The lowest BCUT2D eigenvalue weighted by Gasteiger charge is -2.12. The van der Waals surface area contributed by atoms with Gasteiger partial charge in [-0.2, -0.15) is 0 Å². The summed E-state index contributed by atoms with van der Waals surface area (Å²) in [4.78, 5) is 25.9. The number of methoxy groups -OCH3 is 1. The van der Waals surface area contributed by atoms with Gasteiger partial charge in [-0.15, -0.1) is 0 Å². The van der Waals surface area contributed by atoms with Gasteiger partial charge in [0.1, 0.15) is 5.69 Å². The molecule has 1 heterocycles. The van der Waals surface area contributed by atoms with Gasteiger partial charge in [-0.25, -0.2) is 14.6 Å². The third-order valence-corrected chi connectivity index (χ3v) is 2.56. The molecule has 0 bridgehead atoms. The molecule has 110 valence electrons. The summed E-state index contributed by atoms with van der Waals surface area (Å²) >= 11 is 0. The number of carboxylic acids is 1. The number of amides is 2. The lowest BCUT2D eigenvalue weighted by molar-refractivity contribution is 0.0690. The lowest BCUT2D eigenvalue weighted by atomic mass is 10.2. The Morgan fingerprint density at radius 2 is 2.15 bits per heavy atom. The van der Waals surface area contributed by atoms with Gasteiger partial charge in [0.2, 0.25) is 0 Å². The molecule has 1 aromatic rings. The average Bonchev–Trinajstić information content (AvgIpc) is 2.43. The molecule has 0 saturated carbocycles. The van der Waals surface area contributed by atoms with Crippen LogP contribution in [-0.2, 0) is 11.3 Å². The molecule has 0 saturated heterocycles. The highest BCUT2D eigenvalue weighted by Gasteiger charge is 2.06. The number of nitrogens with zero attached hydrogens (tertiary/aromatic N) is 1. The first-order chi connectivity index (χ1) is 9.52. The molecule has 1 rings (SSSR count). The highest BCUT2D eigenvalue weighted by Crippen LogP contribution is 2.00. The first-order valence-electron chi connectivity index (χ1n) is 6.21. The normalized spacial score (nSPS) is 11.7. The molecule has 7 nitrogen and oxygen atoms in total. The van der Waals surface area contributed by atoms with Gasteiger partial charge < -0.3 is 20.5 Å². The summed E-state index contributed by atoms with van der Waals surface area (Å²) in [6, 6.07) is 2.73. The molecule has 0 aliphatic heterocycles. The van der Waals surface area contributed by atoms with Crippen LogP contribution in [0.4, 0.5) is 4.79 Å². The Balaban J connectivity index is 2.32. The van der Waals surface area contributed by atoms with Crippen molar-refractivity contribution in [3.8, 4) is 0 Å². The number of rotatable bonds is 7. The van der Waals surface area contributed by atoms with Crippen molar-refractivity contribution in [3.63, 3.8) is 0 Å². The molecule has 0 fully saturated rings. The number of ether oxygens (including phenoxy) is 1. The quantitative estimate of drug-likeness (QED) is 0.688. The van der Waals surface area contributed by atoms with E-state index < -0.39 is 5.97 Å². The van der Waals surface area contributed by atoms with E-state index in [-0.39, 0.29) is 24.2 Å². The van der Waals surface area contributed by atoms with E-state index in [1.807, 2.05) is 6.92 Å². The Labute approximate surface area is 117 Å². The summed E-state index contributed by atoms with van der Waals surface area (Å²) in [5.41, 5.74) is 0.710. The Kier molecular flexibility index (Phi) is 6.45. The molecule has 0 aromatic carbocycles. The van der Waals surface area contributed by atoms with Crippen molar-refractivity contribution in [2.45, 2.75) is 13.5 Å². The van der Waals surface area contributed by atoms with Crippen molar-refractivity contribution >= 4 is 12.0 Å². The number of hydrogen-bond donors (Lipinski definition) is 3. The second kappa shape index (κ2) is 8.11. The number of hydrogen-bond acceptors (Lipinski definition) is 4. The zero-order valence-electron chi connectivity index (χ0n) is 11.5. The molecule has 0 aliphatic rings. The topological polar surface area (TPSA) is 101 Å². The maximum atomic E-state index is 11.5. The number of aromatic nitrogens is 1. The van der Waals surface area contributed by atoms with Gasteiger partial charge >= 0.3 is 12.0 Å². The van der Waals surface area contributed by atoms with Gasteiger partial charge in [-0.3, -0.25) is 0 Å². The van der Waals surface area contributed by atoms with Crippen LogP contribution in [-0.4, -0.2) is 42.4 Å². The van der Waals surface area contributed by atoms with E-state index in [2.05, 4.69) is 15.6 Å². The third-order valence-electron chi connectivity index (χ3n) is 2.56. The number of urea groups is 1. The van der Waals surface area contributed by atoms with Gasteiger partial charge in [0, 0.05) is 26.4 Å². The summed E-state index contributed by atoms with van der Waals surface area (Å²) in [5, 5.41) is 14.1. The van der Waals surface area contributed by atoms with Crippen LogP contribution in [0.15, 0.2) is 18.3 Å². The van der Waals surface area contributed by atoms with Crippen LogP contribution >= 0.6 is 0 Å². The second-order valence-corrected chi connectivity index (χ2v) is 4.48. The van der Waals surface area contributed by atoms with E-state index in [1.165, 1.54) is 12.3 Å². The molecule has 1 atom stereocenters. The Bertz CT molecular complexity index is 447. The van der Waals surface area contributed by atoms with Crippen LogP contribution < -0.4 is 10.6 Å². The fraction of sp³-hybridized carbons (Fsp3) is 0.462. The number of carbonyl (C=O) groups is 2. The van der Waals surface area contributed by atoms with Crippen LogP contribution in [0.5, 0.6) is 0 Å². The van der Waals surface area contributed by atoms with Crippen molar-refractivity contribution in [1.29, 1.82) is 0 Å². The Hall–Kier alpha value is -2.15. The summed E-state index contributed by atoms with van der Waals surface area (Å²) in [5.74, 6) is -0.836. The molecule has 0 aliphatic carbocycles. The summed E-state index contributed by atoms with van der Waals surface area (Å²) < 4.78 is 4.97. The molecule has 7 heteroatoms. The largest absolute Gasteiger partial charge is 0.477 e. The fourth-order valence-electron chi connectivity index (χ4n) is 1.51. The molecule has 0 spiro atoms. The van der Waals surface area contributed by atoms with Crippen molar-refractivity contribution in [2.75, 3.05) is 20.3 Å². The van der Waals surface area contributed by atoms with Gasteiger partial charge in [0.25, 0.3) is 0 Å². The Morgan fingerprint density at radius 1 is 1.40 bits per heavy atom. The van der Waals surface area contributed by atoms with Crippen LogP contribution in [0, 0.1) is 5.92 Å². The molecule has 1 unspecified atom stereocenters. The van der Waals surface area contributed by atoms with E-state index in [4.69, 9.17) is 9.84 Å². The maximum Gasteiger partial charge on any atom is 0.354 e. The first kappa shape index (κ1) is 15.9. The van der Waals surface area contributed by atoms with E-state index in [1.54, 1.807) is 13.2 Å². The van der Waals surface area contributed by atoms with E-state index in [9.17, 15) is 9.59 Å². The van der Waals surface area contributed by atoms with Crippen LogP contribution in [0.1, 0.15) is 23.0 Å². The highest BCUT2D eigenvalue weighted by atomic mass is 16.5. The van der Waals surface area contributed by atoms with Crippen molar-refractivity contribution in [1.82, 2.24) is 15.6 Å². The van der Waals surface area contributed by atoms with Gasteiger partial charge in [-0.1, -0.05) is 13.0 Å². The van der Waals surface area contributed by atoms with E-state index in [0.29, 0.717) is 13.2 Å². The maximum absolute atomic E-state index is 11.5. The molecular formula is C13H19N3O4. The average molecular weight is 281 g/mol. The number of pyridine rings is 1. The van der Waals surface area contributed by atoms with Crippen LogP contribution in [0.2, 0.25) is 0 Å². The summed E-state index contributed by atoms with van der Waals surface area (Å²) in [6.45, 7) is 3.37. The third kappa shape index (κ3) is 5.66. The molecule has 0 radical (unpaired) electrons. The predicted octanol–water partition coefficient (Wildman–Crippen LogP) is 0.861. The van der Waals surface area contributed by atoms with E-state index in [0.717, 1.165) is 5.56 Å². The smallest absolute Gasteiger partial charge is 0.354 e. The minimum Gasteiger partial charge on any atom is -0.477 e. The number of carboxylic acid groups (broad SMARTS) is 1. The standard InChI is InChI=1S/C13H19N3O4/c1-9(8-20-2)5-15-13(19)16-7-10-3-4-11(12(17)18)14-6-10/h3-4,6,9H,5,7-8H2,1-2H3,(H,17,18)(H2,15,16,19). The molecule has 1 aromatic heterocycles. The van der Waals surface area contributed by atoms with Gasteiger partial charge in [-0.05, 0) is 17.5 Å². The highest BCUT2D eigenvalue weighted by molar-refractivity contribution is 5.85.